The van der Waals surface area contributed by atoms with Gasteiger partial charge in [-0.1, -0.05) is 26.0 Å². The van der Waals surface area contributed by atoms with Gasteiger partial charge in [0.2, 0.25) is 0 Å². The predicted molar refractivity (Wildman–Crippen MR) is 79.2 cm³/mol. The van der Waals surface area contributed by atoms with Gasteiger partial charge in [0.25, 0.3) is 0 Å². The summed E-state index contributed by atoms with van der Waals surface area (Å²) < 4.78 is 0. The van der Waals surface area contributed by atoms with Crippen molar-refractivity contribution in [3.8, 4) is 5.75 Å². The second-order valence-corrected chi connectivity index (χ2v) is 6.19. The van der Waals surface area contributed by atoms with Crippen LogP contribution in [0.25, 0.3) is 0 Å². The van der Waals surface area contributed by atoms with Crippen molar-refractivity contribution < 1.29 is 5.11 Å². The highest BCUT2D eigenvalue weighted by molar-refractivity contribution is 5.27. The van der Waals surface area contributed by atoms with Gasteiger partial charge in [-0.15, -0.1) is 0 Å². The minimum atomic E-state index is 0.362. The zero-order chi connectivity index (χ0) is 13.8. The molecule has 0 aromatic heterocycles. The Morgan fingerprint density at radius 1 is 1.42 bits per heavy atom. The molecule has 0 radical (unpaired) electrons. The molecule has 0 aliphatic carbocycles. The van der Waals surface area contributed by atoms with E-state index >= 15 is 0 Å². The van der Waals surface area contributed by atoms with Crippen molar-refractivity contribution in [1.82, 2.24) is 10.2 Å². The monoisotopic (exact) mass is 262 g/mol. The maximum Gasteiger partial charge on any atom is 0.115 e. The molecule has 0 saturated carbocycles. The number of piperazine rings is 1. The van der Waals surface area contributed by atoms with Crippen LogP contribution >= 0.6 is 0 Å². The molecule has 3 heteroatoms. The number of nitrogens with zero attached hydrogens (tertiary/aromatic N) is 1. The van der Waals surface area contributed by atoms with Gasteiger partial charge in [0.1, 0.15) is 5.75 Å². The third-order valence-corrected chi connectivity index (χ3v) is 3.77. The number of aromatic hydroxyl groups is 1. The Morgan fingerprint density at radius 3 is 2.89 bits per heavy atom. The van der Waals surface area contributed by atoms with E-state index in [1.165, 1.54) is 12.0 Å². The van der Waals surface area contributed by atoms with Gasteiger partial charge in [-0.25, -0.2) is 0 Å². The minimum absolute atomic E-state index is 0.362. The molecule has 2 atom stereocenters. The van der Waals surface area contributed by atoms with E-state index in [1.54, 1.807) is 6.07 Å². The first-order valence-electron chi connectivity index (χ1n) is 7.30. The Hall–Kier alpha value is -1.06. The van der Waals surface area contributed by atoms with Crippen molar-refractivity contribution in [2.75, 3.05) is 13.1 Å². The number of phenols is 1. The summed E-state index contributed by atoms with van der Waals surface area (Å²) in [4.78, 5) is 2.55. The first-order valence-corrected chi connectivity index (χ1v) is 7.30. The van der Waals surface area contributed by atoms with E-state index in [2.05, 4.69) is 37.1 Å². The molecule has 2 N–H and O–H groups in total. The van der Waals surface area contributed by atoms with Crippen molar-refractivity contribution >= 4 is 0 Å². The number of phenolic OH excluding ortho intramolecular Hbond substituents is 1. The van der Waals surface area contributed by atoms with E-state index in [-0.39, 0.29) is 0 Å². The predicted octanol–water partition coefficient (Wildman–Crippen LogP) is 2.60. The van der Waals surface area contributed by atoms with E-state index in [1.807, 2.05) is 12.1 Å². The van der Waals surface area contributed by atoms with Crippen LogP contribution in [0.1, 0.15) is 32.8 Å². The van der Waals surface area contributed by atoms with Crippen LogP contribution in [0.15, 0.2) is 24.3 Å². The van der Waals surface area contributed by atoms with Gasteiger partial charge in [0.05, 0.1) is 0 Å². The molecular weight excluding hydrogens is 236 g/mol. The van der Waals surface area contributed by atoms with Gasteiger partial charge in [0.15, 0.2) is 0 Å². The highest BCUT2D eigenvalue weighted by Crippen LogP contribution is 2.20. The second-order valence-electron chi connectivity index (χ2n) is 6.19. The molecule has 19 heavy (non-hydrogen) atoms. The van der Waals surface area contributed by atoms with Gasteiger partial charge in [-0.2, -0.15) is 0 Å². The number of hydrogen-bond donors (Lipinski definition) is 2. The second kappa shape index (κ2) is 6.40. The first-order chi connectivity index (χ1) is 9.04. The standard InChI is InChI=1S/C16H26N2O/c1-12(2)7-15-9-17-13(3)10-18(15)11-14-5-4-6-16(19)8-14/h4-6,8,12-13,15,17,19H,7,9-11H2,1-3H3. The van der Waals surface area contributed by atoms with E-state index in [9.17, 15) is 5.11 Å². The molecule has 1 aromatic carbocycles. The molecule has 1 saturated heterocycles. The molecular formula is C16H26N2O. The third kappa shape index (κ3) is 4.22. The lowest BCUT2D eigenvalue weighted by Gasteiger charge is -2.40. The van der Waals surface area contributed by atoms with Crippen LogP contribution in [0.3, 0.4) is 0 Å². The van der Waals surface area contributed by atoms with Crippen LogP contribution in [0.2, 0.25) is 0 Å². The molecule has 2 unspecified atom stereocenters. The Balaban J connectivity index is 2.05. The van der Waals surface area contributed by atoms with E-state index in [0.29, 0.717) is 23.8 Å². The molecule has 0 bridgehead atoms. The molecule has 2 rings (SSSR count). The molecule has 1 heterocycles. The van der Waals surface area contributed by atoms with Crippen molar-refractivity contribution in [3.63, 3.8) is 0 Å². The SMILES string of the molecule is CC(C)CC1CNC(C)CN1Cc1cccc(O)c1. The lowest BCUT2D eigenvalue weighted by molar-refractivity contribution is 0.111. The average Bonchev–Trinajstić information content (AvgIpc) is 2.32. The summed E-state index contributed by atoms with van der Waals surface area (Å²) in [6.07, 6.45) is 1.22. The van der Waals surface area contributed by atoms with Gasteiger partial charge in [0, 0.05) is 31.7 Å². The quantitative estimate of drug-likeness (QED) is 0.875. The highest BCUT2D eigenvalue weighted by Gasteiger charge is 2.26. The Kier molecular flexibility index (Phi) is 4.83. The number of benzene rings is 1. The number of rotatable bonds is 4. The highest BCUT2D eigenvalue weighted by atomic mass is 16.3. The van der Waals surface area contributed by atoms with Crippen molar-refractivity contribution in [2.45, 2.75) is 45.8 Å². The minimum Gasteiger partial charge on any atom is -0.508 e. The average molecular weight is 262 g/mol. The fraction of sp³-hybridized carbons (Fsp3) is 0.625. The molecule has 0 spiro atoms. The first kappa shape index (κ1) is 14.4. The maximum absolute atomic E-state index is 9.57. The maximum atomic E-state index is 9.57. The molecule has 0 amide bonds. The fourth-order valence-corrected chi connectivity index (χ4v) is 2.89. The topological polar surface area (TPSA) is 35.5 Å². The molecule has 106 valence electrons. The van der Waals surface area contributed by atoms with Crippen LogP contribution < -0.4 is 5.32 Å². The van der Waals surface area contributed by atoms with Crippen LogP contribution in [0, 0.1) is 5.92 Å². The van der Waals surface area contributed by atoms with Gasteiger partial charge < -0.3 is 10.4 Å². The van der Waals surface area contributed by atoms with E-state index in [0.717, 1.165) is 19.6 Å². The van der Waals surface area contributed by atoms with Crippen molar-refractivity contribution in [2.24, 2.45) is 5.92 Å². The molecule has 3 nitrogen and oxygen atoms in total. The van der Waals surface area contributed by atoms with E-state index in [4.69, 9.17) is 0 Å². The van der Waals surface area contributed by atoms with Crippen LogP contribution in [0.5, 0.6) is 5.75 Å². The summed E-state index contributed by atoms with van der Waals surface area (Å²) in [6.45, 7) is 9.87. The Morgan fingerprint density at radius 2 is 2.21 bits per heavy atom. The van der Waals surface area contributed by atoms with Crippen LogP contribution in [-0.4, -0.2) is 35.2 Å². The molecule has 1 aliphatic heterocycles. The van der Waals surface area contributed by atoms with Crippen molar-refractivity contribution in [1.29, 1.82) is 0 Å². The zero-order valence-corrected chi connectivity index (χ0v) is 12.3. The van der Waals surface area contributed by atoms with Gasteiger partial charge >= 0.3 is 0 Å². The molecule has 1 aromatic rings. The Bertz CT molecular complexity index is 405. The lowest BCUT2D eigenvalue weighted by atomic mass is 9.98. The summed E-state index contributed by atoms with van der Waals surface area (Å²) in [5.41, 5.74) is 1.20. The van der Waals surface area contributed by atoms with Crippen LogP contribution in [0.4, 0.5) is 0 Å². The van der Waals surface area contributed by atoms with Crippen molar-refractivity contribution in [3.05, 3.63) is 29.8 Å². The summed E-state index contributed by atoms with van der Waals surface area (Å²) in [5.74, 6) is 1.08. The summed E-state index contributed by atoms with van der Waals surface area (Å²) >= 11 is 0. The largest absolute Gasteiger partial charge is 0.508 e. The lowest BCUT2D eigenvalue weighted by Crippen LogP contribution is -2.55. The zero-order valence-electron chi connectivity index (χ0n) is 12.3. The number of nitrogens with one attached hydrogen (secondary N) is 1. The normalized spacial score (nSPS) is 24.8. The van der Waals surface area contributed by atoms with Gasteiger partial charge in [-0.05, 0) is 37.0 Å². The van der Waals surface area contributed by atoms with Gasteiger partial charge in [-0.3, -0.25) is 4.90 Å². The van der Waals surface area contributed by atoms with E-state index < -0.39 is 0 Å². The molecule has 1 aliphatic rings. The summed E-state index contributed by atoms with van der Waals surface area (Å²) in [5, 5.41) is 13.1. The van der Waals surface area contributed by atoms with Crippen LogP contribution in [-0.2, 0) is 6.54 Å². The third-order valence-electron chi connectivity index (χ3n) is 3.77. The summed E-state index contributed by atoms with van der Waals surface area (Å²) in [7, 11) is 0. The Labute approximate surface area is 116 Å². The summed E-state index contributed by atoms with van der Waals surface area (Å²) in [6, 6.07) is 8.76. The number of hydrogen-bond acceptors (Lipinski definition) is 3. The molecule has 1 fully saturated rings. The fourth-order valence-electron chi connectivity index (χ4n) is 2.89. The smallest absolute Gasteiger partial charge is 0.115 e.